The molecule has 0 radical (unpaired) electrons. The first-order chi connectivity index (χ1) is 10.3. The number of likely N-dealkylation sites (tertiary alicyclic amines) is 1. The van der Waals surface area contributed by atoms with Crippen LogP contribution in [0.4, 0.5) is 0 Å². The van der Waals surface area contributed by atoms with Crippen molar-refractivity contribution in [3.8, 4) is 0 Å². The summed E-state index contributed by atoms with van der Waals surface area (Å²) >= 11 is 0. The third-order valence-electron chi connectivity index (χ3n) is 5.15. The average molecular weight is 378 g/mol. The van der Waals surface area contributed by atoms with Crippen molar-refractivity contribution in [2.45, 2.75) is 84.0 Å². The molecular weight excluding hydrogens is 336 g/mol. The molecule has 134 valence electrons. The van der Waals surface area contributed by atoms with Crippen LogP contribution < -0.4 is 5.32 Å². The molecule has 0 amide bonds. The molecule has 2 fully saturated rings. The van der Waals surface area contributed by atoms with Gasteiger partial charge in [-0.05, 0) is 38.8 Å². The van der Waals surface area contributed by atoms with Crippen molar-refractivity contribution in [3.05, 3.63) is 0 Å². The molecule has 1 N–H and O–H groups in total. The SMILES string of the molecule is Br.C1CCNC1.CCCCCCCCCC[N+]1(C)CCCC1. The first-order valence-corrected chi connectivity index (χ1v) is 9.81. The second-order valence-electron chi connectivity index (χ2n) is 7.43. The number of nitrogens with one attached hydrogen (secondary N) is 1. The lowest BCUT2D eigenvalue weighted by Gasteiger charge is -2.29. The van der Waals surface area contributed by atoms with Gasteiger partial charge in [0.1, 0.15) is 0 Å². The van der Waals surface area contributed by atoms with E-state index in [0.29, 0.717) is 0 Å². The predicted molar refractivity (Wildman–Crippen MR) is 105 cm³/mol. The zero-order valence-corrected chi connectivity index (χ0v) is 17.1. The van der Waals surface area contributed by atoms with Crippen molar-refractivity contribution in [2.24, 2.45) is 0 Å². The molecule has 2 saturated heterocycles. The summed E-state index contributed by atoms with van der Waals surface area (Å²) in [5.74, 6) is 0. The van der Waals surface area contributed by atoms with Gasteiger partial charge in [0, 0.05) is 12.8 Å². The van der Waals surface area contributed by atoms with Crippen LogP contribution in [0.2, 0.25) is 0 Å². The second-order valence-corrected chi connectivity index (χ2v) is 7.43. The van der Waals surface area contributed by atoms with Crippen molar-refractivity contribution >= 4 is 17.0 Å². The van der Waals surface area contributed by atoms with Gasteiger partial charge >= 0.3 is 0 Å². The highest BCUT2D eigenvalue weighted by Crippen LogP contribution is 2.18. The fourth-order valence-electron chi connectivity index (χ4n) is 3.57. The van der Waals surface area contributed by atoms with Gasteiger partial charge in [-0.2, -0.15) is 0 Å². The van der Waals surface area contributed by atoms with E-state index in [9.17, 15) is 0 Å². The number of hydrogen-bond acceptors (Lipinski definition) is 1. The van der Waals surface area contributed by atoms with Gasteiger partial charge in [-0.3, -0.25) is 0 Å². The molecule has 22 heavy (non-hydrogen) atoms. The van der Waals surface area contributed by atoms with E-state index in [-0.39, 0.29) is 17.0 Å². The standard InChI is InChI=1S/C15H32N.C4H9N.BrH/c1-3-4-5-6-7-8-9-10-13-16(2)14-11-12-15-16;1-2-4-5-3-1;/h3-15H2,1-2H3;5H,1-4H2;1H/q+1;;. The van der Waals surface area contributed by atoms with Crippen LogP contribution in [-0.4, -0.2) is 44.3 Å². The van der Waals surface area contributed by atoms with E-state index in [4.69, 9.17) is 0 Å². The fourth-order valence-corrected chi connectivity index (χ4v) is 3.57. The summed E-state index contributed by atoms with van der Waals surface area (Å²) in [5, 5.41) is 3.22. The van der Waals surface area contributed by atoms with E-state index in [2.05, 4.69) is 19.3 Å². The first-order valence-electron chi connectivity index (χ1n) is 9.81. The monoisotopic (exact) mass is 377 g/mol. The molecule has 0 unspecified atom stereocenters. The van der Waals surface area contributed by atoms with E-state index < -0.39 is 0 Å². The van der Waals surface area contributed by atoms with Gasteiger partial charge in [0.15, 0.2) is 0 Å². The molecule has 2 aliphatic rings. The molecule has 3 heteroatoms. The summed E-state index contributed by atoms with van der Waals surface area (Å²) in [6.45, 7) is 9.11. The number of hydrogen-bond donors (Lipinski definition) is 1. The number of quaternary nitrogens is 1. The maximum absolute atomic E-state index is 3.22. The zero-order valence-electron chi connectivity index (χ0n) is 15.4. The molecule has 0 atom stereocenters. The Morgan fingerprint density at radius 3 is 1.68 bits per heavy atom. The van der Waals surface area contributed by atoms with Gasteiger partial charge in [-0.15, -0.1) is 17.0 Å². The van der Waals surface area contributed by atoms with Gasteiger partial charge in [-0.1, -0.05) is 45.4 Å². The molecule has 0 aromatic heterocycles. The first kappa shape index (κ1) is 22.4. The average Bonchev–Trinajstić information content (AvgIpc) is 3.17. The highest BCUT2D eigenvalue weighted by molar-refractivity contribution is 8.93. The third kappa shape index (κ3) is 11.9. The molecule has 0 bridgehead atoms. The molecule has 0 saturated carbocycles. The van der Waals surface area contributed by atoms with Gasteiger partial charge in [0.05, 0.1) is 26.7 Å². The summed E-state index contributed by atoms with van der Waals surface area (Å²) < 4.78 is 1.37. The van der Waals surface area contributed by atoms with Crippen LogP contribution in [0, 0.1) is 0 Å². The molecule has 2 rings (SSSR count). The molecule has 0 aliphatic carbocycles. The fraction of sp³-hybridized carbons (Fsp3) is 1.00. The maximum Gasteiger partial charge on any atom is 0.0786 e. The Morgan fingerprint density at radius 1 is 0.727 bits per heavy atom. The van der Waals surface area contributed by atoms with E-state index in [1.807, 2.05) is 0 Å². The smallest absolute Gasteiger partial charge is 0.0786 e. The quantitative estimate of drug-likeness (QED) is 0.423. The van der Waals surface area contributed by atoms with Crippen molar-refractivity contribution < 1.29 is 4.48 Å². The Kier molecular flexibility index (Phi) is 15.2. The lowest BCUT2D eigenvalue weighted by Crippen LogP contribution is -2.41. The highest BCUT2D eigenvalue weighted by Gasteiger charge is 2.25. The topological polar surface area (TPSA) is 12.0 Å². The Labute approximate surface area is 150 Å². The minimum atomic E-state index is 0. The number of nitrogens with zero attached hydrogens (tertiary/aromatic N) is 1. The highest BCUT2D eigenvalue weighted by atomic mass is 79.9. The molecule has 2 heterocycles. The summed E-state index contributed by atoms with van der Waals surface area (Å²) in [7, 11) is 2.45. The van der Waals surface area contributed by atoms with Gasteiger partial charge in [0.2, 0.25) is 0 Å². The van der Waals surface area contributed by atoms with Gasteiger partial charge in [-0.25, -0.2) is 0 Å². The van der Waals surface area contributed by atoms with E-state index in [1.54, 1.807) is 0 Å². The molecule has 0 aromatic carbocycles. The van der Waals surface area contributed by atoms with Crippen LogP contribution in [0.25, 0.3) is 0 Å². The van der Waals surface area contributed by atoms with Crippen LogP contribution in [0.15, 0.2) is 0 Å². The maximum atomic E-state index is 3.22. The zero-order chi connectivity index (χ0) is 15.2. The number of halogens is 1. The lowest BCUT2D eigenvalue weighted by atomic mass is 10.1. The number of rotatable bonds is 9. The Morgan fingerprint density at radius 2 is 1.23 bits per heavy atom. The molecule has 0 spiro atoms. The summed E-state index contributed by atoms with van der Waals surface area (Å²) in [6, 6.07) is 0. The molecular formula is C19H42BrN2+. The Bertz CT molecular complexity index is 216. The molecule has 0 aromatic rings. The van der Waals surface area contributed by atoms with Crippen molar-refractivity contribution in [2.75, 3.05) is 39.8 Å². The van der Waals surface area contributed by atoms with E-state index >= 15 is 0 Å². The van der Waals surface area contributed by atoms with Crippen LogP contribution in [0.1, 0.15) is 84.0 Å². The lowest BCUT2D eigenvalue weighted by molar-refractivity contribution is -0.897. The van der Waals surface area contributed by atoms with Gasteiger partial charge < -0.3 is 9.80 Å². The van der Waals surface area contributed by atoms with Crippen LogP contribution >= 0.6 is 17.0 Å². The Hall–Kier alpha value is 0.400. The summed E-state index contributed by atoms with van der Waals surface area (Å²) in [5.41, 5.74) is 0. The third-order valence-corrected chi connectivity index (χ3v) is 5.15. The van der Waals surface area contributed by atoms with Crippen molar-refractivity contribution in [1.82, 2.24) is 5.32 Å². The number of unbranched alkanes of at least 4 members (excludes halogenated alkanes) is 7. The minimum absolute atomic E-state index is 0. The second kappa shape index (κ2) is 15.0. The molecule has 2 nitrogen and oxygen atoms in total. The van der Waals surface area contributed by atoms with Crippen molar-refractivity contribution in [3.63, 3.8) is 0 Å². The summed E-state index contributed by atoms with van der Waals surface area (Å²) in [4.78, 5) is 0. The van der Waals surface area contributed by atoms with Gasteiger partial charge in [0.25, 0.3) is 0 Å². The van der Waals surface area contributed by atoms with E-state index in [1.165, 1.54) is 114 Å². The minimum Gasteiger partial charge on any atom is -0.326 e. The van der Waals surface area contributed by atoms with Crippen LogP contribution in [0.5, 0.6) is 0 Å². The van der Waals surface area contributed by atoms with Crippen molar-refractivity contribution in [1.29, 1.82) is 0 Å². The van der Waals surface area contributed by atoms with Crippen LogP contribution in [-0.2, 0) is 0 Å². The van der Waals surface area contributed by atoms with Crippen LogP contribution in [0.3, 0.4) is 0 Å². The normalized spacial score (nSPS) is 19.4. The largest absolute Gasteiger partial charge is 0.326 e. The Balaban J connectivity index is 0.000000622. The molecule has 2 aliphatic heterocycles. The van der Waals surface area contributed by atoms with E-state index in [0.717, 1.165) is 0 Å². The summed E-state index contributed by atoms with van der Waals surface area (Å²) in [6.07, 6.45) is 17.3. The predicted octanol–water partition coefficient (Wildman–Crippen LogP) is 5.32.